The number of pyridine rings is 1. The zero-order chi connectivity index (χ0) is 20.3. The van der Waals surface area contributed by atoms with E-state index in [0.717, 1.165) is 40.1 Å². The molecule has 1 N–H and O–H groups in total. The number of rotatable bonds is 7. The van der Waals surface area contributed by atoms with Crippen LogP contribution in [0.4, 0.5) is 0 Å². The highest BCUT2D eigenvalue weighted by Gasteiger charge is 2.25. The van der Waals surface area contributed by atoms with Crippen LogP contribution in [0.1, 0.15) is 28.3 Å². The summed E-state index contributed by atoms with van der Waals surface area (Å²) in [6, 6.07) is 14.2. The Bertz CT molecular complexity index is 1150. The van der Waals surface area contributed by atoms with Crippen molar-refractivity contribution in [3.05, 3.63) is 70.9 Å². The minimum Gasteiger partial charge on any atom is -0.348 e. The average molecular weight is 435 g/mol. The van der Waals surface area contributed by atoms with Gasteiger partial charge < -0.3 is 5.32 Å². The topological polar surface area (TPSA) is 85.6 Å². The molecule has 0 bridgehead atoms. The van der Waals surface area contributed by atoms with Crippen LogP contribution in [0.2, 0.25) is 0 Å². The minimum atomic E-state index is -0.0857. The van der Waals surface area contributed by atoms with Crippen molar-refractivity contribution in [1.29, 1.82) is 0 Å². The normalized spacial score (nSPS) is 13.3. The van der Waals surface area contributed by atoms with Crippen molar-refractivity contribution in [2.45, 2.75) is 29.8 Å². The SMILES string of the molecule is O=C(NC1CC1)c1csc(CSc2nnc(-c3ccncc3)n2-c2ccccc2)n1. The van der Waals surface area contributed by atoms with E-state index in [-0.39, 0.29) is 5.91 Å². The Morgan fingerprint density at radius 3 is 2.70 bits per heavy atom. The van der Waals surface area contributed by atoms with Gasteiger partial charge in [0, 0.05) is 35.1 Å². The van der Waals surface area contributed by atoms with Gasteiger partial charge >= 0.3 is 0 Å². The molecule has 150 valence electrons. The van der Waals surface area contributed by atoms with Crippen LogP contribution in [0.3, 0.4) is 0 Å². The van der Waals surface area contributed by atoms with Gasteiger partial charge in [-0.15, -0.1) is 21.5 Å². The third-order valence-corrected chi connectivity index (χ3v) is 6.58. The van der Waals surface area contributed by atoms with Crippen LogP contribution >= 0.6 is 23.1 Å². The zero-order valence-electron chi connectivity index (χ0n) is 15.9. The first-order valence-corrected chi connectivity index (χ1v) is 11.4. The maximum Gasteiger partial charge on any atom is 0.270 e. The molecule has 30 heavy (non-hydrogen) atoms. The van der Waals surface area contributed by atoms with Crippen LogP contribution in [-0.4, -0.2) is 36.7 Å². The summed E-state index contributed by atoms with van der Waals surface area (Å²) in [7, 11) is 0. The summed E-state index contributed by atoms with van der Waals surface area (Å²) in [5.74, 6) is 1.29. The predicted octanol–water partition coefficient (Wildman–Crippen LogP) is 3.97. The molecule has 7 nitrogen and oxygen atoms in total. The Kier molecular flexibility index (Phi) is 5.29. The van der Waals surface area contributed by atoms with Gasteiger partial charge in [-0.1, -0.05) is 30.0 Å². The summed E-state index contributed by atoms with van der Waals surface area (Å²) in [5.41, 5.74) is 2.42. The molecule has 1 aliphatic rings. The fourth-order valence-electron chi connectivity index (χ4n) is 2.96. The summed E-state index contributed by atoms with van der Waals surface area (Å²) in [5, 5.41) is 15.3. The Balaban J connectivity index is 1.39. The first kappa shape index (κ1) is 19.0. The van der Waals surface area contributed by atoms with E-state index in [4.69, 9.17) is 0 Å². The molecule has 0 spiro atoms. The van der Waals surface area contributed by atoms with Crippen molar-refractivity contribution in [1.82, 2.24) is 30.0 Å². The molecule has 0 saturated heterocycles. The number of benzene rings is 1. The number of nitrogens with zero attached hydrogens (tertiary/aromatic N) is 5. The first-order valence-electron chi connectivity index (χ1n) is 9.57. The summed E-state index contributed by atoms with van der Waals surface area (Å²) in [6.45, 7) is 0. The van der Waals surface area contributed by atoms with Crippen molar-refractivity contribution in [2.24, 2.45) is 0 Å². The highest BCUT2D eigenvalue weighted by molar-refractivity contribution is 7.98. The Hall–Kier alpha value is -3.04. The van der Waals surface area contributed by atoms with Gasteiger partial charge in [0.25, 0.3) is 5.91 Å². The highest BCUT2D eigenvalue weighted by Crippen LogP contribution is 2.30. The van der Waals surface area contributed by atoms with E-state index >= 15 is 0 Å². The summed E-state index contributed by atoms with van der Waals surface area (Å²) in [4.78, 5) is 20.8. The van der Waals surface area contributed by atoms with Crippen LogP contribution in [-0.2, 0) is 5.75 Å². The van der Waals surface area contributed by atoms with Gasteiger partial charge in [-0.05, 0) is 37.1 Å². The highest BCUT2D eigenvalue weighted by atomic mass is 32.2. The molecule has 3 heterocycles. The minimum absolute atomic E-state index is 0.0857. The second-order valence-electron chi connectivity index (χ2n) is 6.88. The summed E-state index contributed by atoms with van der Waals surface area (Å²) >= 11 is 3.04. The molecule has 4 aromatic rings. The number of carbonyl (C=O) groups is 1. The van der Waals surface area contributed by atoms with E-state index in [2.05, 4.69) is 25.5 Å². The van der Waals surface area contributed by atoms with Crippen molar-refractivity contribution in [2.75, 3.05) is 0 Å². The number of thioether (sulfide) groups is 1. The van der Waals surface area contributed by atoms with Crippen molar-refractivity contribution in [3.63, 3.8) is 0 Å². The average Bonchev–Trinajstić information content (AvgIpc) is 3.31. The third kappa shape index (κ3) is 4.12. The van der Waals surface area contributed by atoms with Crippen molar-refractivity contribution < 1.29 is 4.79 Å². The molecule has 1 saturated carbocycles. The second kappa shape index (κ2) is 8.37. The van der Waals surface area contributed by atoms with Crippen molar-refractivity contribution >= 4 is 29.0 Å². The van der Waals surface area contributed by atoms with E-state index in [1.54, 1.807) is 24.2 Å². The summed E-state index contributed by atoms with van der Waals surface area (Å²) < 4.78 is 2.04. The Morgan fingerprint density at radius 1 is 1.13 bits per heavy atom. The van der Waals surface area contributed by atoms with E-state index in [9.17, 15) is 4.79 Å². The van der Waals surface area contributed by atoms with Gasteiger partial charge in [-0.2, -0.15) is 0 Å². The number of thiazole rings is 1. The second-order valence-corrected chi connectivity index (χ2v) is 8.76. The standard InChI is InChI=1S/C21H18N6OS2/c28-20(23-15-6-7-15)17-12-29-18(24-17)13-30-21-26-25-19(14-8-10-22-11-9-14)27(21)16-4-2-1-3-5-16/h1-5,8-12,15H,6-7,13H2,(H,23,28). The van der Waals surface area contributed by atoms with Gasteiger partial charge in [0.05, 0.1) is 5.75 Å². The molecule has 1 fully saturated rings. The fraction of sp³-hybridized carbons (Fsp3) is 0.190. The van der Waals surface area contributed by atoms with E-state index in [0.29, 0.717) is 17.5 Å². The lowest BCUT2D eigenvalue weighted by Gasteiger charge is -2.09. The number of nitrogens with one attached hydrogen (secondary N) is 1. The monoisotopic (exact) mass is 434 g/mol. The van der Waals surface area contributed by atoms with Gasteiger partial charge in [-0.3, -0.25) is 14.3 Å². The molecule has 1 aromatic carbocycles. The van der Waals surface area contributed by atoms with E-state index in [1.165, 1.54) is 11.3 Å². The molecule has 0 atom stereocenters. The number of hydrogen-bond acceptors (Lipinski definition) is 7. The Morgan fingerprint density at radius 2 is 1.93 bits per heavy atom. The number of aromatic nitrogens is 5. The number of para-hydroxylation sites is 1. The lowest BCUT2D eigenvalue weighted by molar-refractivity contribution is 0.0946. The van der Waals surface area contributed by atoms with Crippen LogP contribution in [0.15, 0.2) is 65.4 Å². The van der Waals surface area contributed by atoms with Crippen LogP contribution in [0.5, 0.6) is 0 Å². The molecule has 1 amide bonds. The molecule has 0 radical (unpaired) electrons. The first-order chi connectivity index (χ1) is 14.8. The Labute approximate surface area is 181 Å². The lowest BCUT2D eigenvalue weighted by Crippen LogP contribution is -2.25. The van der Waals surface area contributed by atoms with Crippen LogP contribution < -0.4 is 5.32 Å². The van der Waals surface area contributed by atoms with Gasteiger partial charge in [0.15, 0.2) is 11.0 Å². The molecule has 5 rings (SSSR count). The smallest absolute Gasteiger partial charge is 0.270 e. The number of hydrogen-bond donors (Lipinski definition) is 1. The van der Waals surface area contributed by atoms with Crippen LogP contribution in [0.25, 0.3) is 17.1 Å². The van der Waals surface area contributed by atoms with Gasteiger partial charge in [0.1, 0.15) is 10.7 Å². The van der Waals surface area contributed by atoms with Gasteiger partial charge in [0.2, 0.25) is 0 Å². The maximum atomic E-state index is 12.2. The number of carbonyl (C=O) groups excluding carboxylic acids is 1. The van der Waals surface area contributed by atoms with E-state index < -0.39 is 0 Å². The lowest BCUT2D eigenvalue weighted by atomic mass is 10.2. The van der Waals surface area contributed by atoms with Crippen LogP contribution in [0, 0.1) is 0 Å². The fourth-order valence-corrected chi connectivity index (χ4v) is 4.70. The molecule has 9 heteroatoms. The number of amides is 1. The third-order valence-electron chi connectivity index (χ3n) is 4.61. The van der Waals surface area contributed by atoms with Crippen molar-refractivity contribution in [3.8, 4) is 17.1 Å². The van der Waals surface area contributed by atoms with Gasteiger partial charge in [-0.25, -0.2) is 4.98 Å². The molecule has 0 aliphatic heterocycles. The molecule has 3 aromatic heterocycles. The molecule has 1 aliphatic carbocycles. The quantitative estimate of drug-likeness (QED) is 0.443. The largest absolute Gasteiger partial charge is 0.348 e. The summed E-state index contributed by atoms with van der Waals surface area (Å²) in [6.07, 6.45) is 5.62. The van der Waals surface area contributed by atoms with E-state index in [1.807, 2.05) is 52.4 Å². The molecular formula is C21H18N6OS2. The predicted molar refractivity (Wildman–Crippen MR) is 117 cm³/mol. The molecule has 0 unspecified atom stereocenters. The zero-order valence-corrected chi connectivity index (χ0v) is 17.6. The molecular weight excluding hydrogens is 416 g/mol. The maximum absolute atomic E-state index is 12.2.